The first kappa shape index (κ1) is 11.5. The van der Waals surface area contributed by atoms with E-state index in [-0.39, 0.29) is 0 Å². The summed E-state index contributed by atoms with van der Waals surface area (Å²) < 4.78 is 0. The monoisotopic (exact) mass is 195 g/mol. The lowest BCUT2D eigenvalue weighted by Crippen LogP contribution is -2.55. The van der Waals surface area contributed by atoms with Crippen molar-refractivity contribution in [3.63, 3.8) is 0 Å². The Morgan fingerprint density at radius 1 is 1.57 bits per heavy atom. The maximum Gasteiger partial charge on any atom is 0.0638 e. The van der Waals surface area contributed by atoms with Crippen LogP contribution in [0.3, 0.4) is 0 Å². The molecule has 0 spiro atoms. The maximum atomic E-state index is 8.72. The van der Waals surface area contributed by atoms with Crippen LogP contribution < -0.4 is 5.32 Å². The molecule has 1 N–H and O–H groups in total. The Labute approximate surface area is 87.1 Å². The first-order chi connectivity index (χ1) is 6.77. The van der Waals surface area contributed by atoms with Gasteiger partial charge in [0.05, 0.1) is 12.5 Å². The van der Waals surface area contributed by atoms with E-state index in [0.717, 1.165) is 19.6 Å². The van der Waals surface area contributed by atoms with Crippen LogP contribution in [0.4, 0.5) is 0 Å². The van der Waals surface area contributed by atoms with Crippen molar-refractivity contribution in [2.75, 3.05) is 19.6 Å². The standard InChI is InChI=1S/C11H21N3/c1-3-4-7-14-9-10(2)13-8-11(14)5-6-12/h10-11,13H,3-5,7-9H2,1-2H3. The largest absolute Gasteiger partial charge is 0.311 e. The molecule has 0 amide bonds. The van der Waals surface area contributed by atoms with Crippen LogP contribution in [-0.2, 0) is 0 Å². The highest BCUT2D eigenvalue weighted by molar-refractivity contribution is 4.89. The molecule has 1 aliphatic rings. The number of nitrogens with zero attached hydrogens (tertiary/aromatic N) is 2. The molecule has 3 nitrogen and oxygen atoms in total. The quantitative estimate of drug-likeness (QED) is 0.736. The Morgan fingerprint density at radius 2 is 2.36 bits per heavy atom. The minimum atomic E-state index is 0.433. The van der Waals surface area contributed by atoms with Gasteiger partial charge in [-0.15, -0.1) is 0 Å². The normalized spacial score (nSPS) is 28.6. The molecule has 2 atom stereocenters. The number of nitrogens with one attached hydrogen (secondary N) is 1. The lowest BCUT2D eigenvalue weighted by atomic mass is 10.1. The zero-order chi connectivity index (χ0) is 10.4. The van der Waals surface area contributed by atoms with Gasteiger partial charge >= 0.3 is 0 Å². The number of hydrogen-bond donors (Lipinski definition) is 1. The van der Waals surface area contributed by atoms with Gasteiger partial charge in [-0.3, -0.25) is 4.90 Å². The molecule has 2 unspecified atom stereocenters. The van der Waals surface area contributed by atoms with Crippen molar-refractivity contribution in [1.29, 1.82) is 5.26 Å². The van der Waals surface area contributed by atoms with Gasteiger partial charge in [0.15, 0.2) is 0 Å². The van der Waals surface area contributed by atoms with Crippen molar-refractivity contribution >= 4 is 0 Å². The lowest BCUT2D eigenvalue weighted by molar-refractivity contribution is 0.135. The molecule has 1 saturated heterocycles. The van der Waals surface area contributed by atoms with E-state index in [1.165, 1.54) is 12.8 Å². The molecule has 0 bridgehead atoms. The fourth-order valence-corrected chi connectivity index (χ4v) is 1.97. The minimum Gasteiger partial charge on any atom is -0.311 e. The summed E-state index contributed by atoms with van der Waals surface area (Å²) in [6.07, 6.45) is 3.13. The number of rotatable bonds is 4. The Bertz CT molecular complexity index is 197. The van der Waals surface area contributed by atoms with Crippen LogP contribution in [0.1, 0.15) is 33.1 Å². The molecular weight excluding hydrogens is 174 g/mol. The predicted molar refractivity (Wildman–Crippen MR) is 58.0 cm³/mol. The fraction of sp³-hybridized carbons (Fsp3) is 0.909. The van der Waals surface area contributed by atoms with Gasteiger partial charge in [0.1, 0.15) is 0 Å². The van der Waals surface area contributed by atoms with E-state index >= 15 is 0 Å². The van der Waals surface area contributed by atoms with Crippen LogP contribution in [0.5, 0.6) is 0 Å². The van der Waals surface area contributed by atoms with Crippen molar-refractivity contribution in [2.24, 2.45) is 0 Å². The lowest BCUT2D eigenvalue weighted by Gasteiger charge is -2.38. The van der Waals surface area contributed by atoms with E-state index in [9.17, 15) is 0 Å². The highest BCUT2D eigenvalue weighted by atomic mass is 15.2. The van der Waals surface area contributed by atoms with Gasteiger partial charge in [-0.05, 0) is 19.9 Å². The maximum absolute atomic E-state index is 8.72. The second-order valence-electron chi connectivity index (χ2n) is 4.17. The van der Waals surface area contributed by atoms with Gasteiger partial charge < -0.3 is 5.32 Å². The summed E-state index contributed by atoms with van der Waals surface area (Å²) in [5.41, 5.74) is 0. The van der Waals surface area contributed by atoms with Crippen LogP contribution in [0, 0.1) is 11.3 Å². The first-order valence-electron chi connectivity index (χ1n) is 5.62. The minimum absolute atomic E-state index is 0.433. The highest BCUT2D eigenvalue weighted by Crippen LogP contribution is 2.11. The van der Waals surface area contributed by atoms with Crippen molar-refractivity contribution in [1.82, 2.24) is 10.2 Å². The van der Waals surface area contributed by atoms with Gasteiger partial charge in [0.25, 0.3) is 0 Å². The molecule has 80 valence electrons. The molecule has 0 radical (unpaired) electrons. The van der Waals surface area contributed by atoms with E-state index < -0.39 is 0 Å². The summed E-state index contributed by atoms with van der Waals surface area (Å²) in [6.45, 7) is 7.63. The molecule has 0 aromatic carbocycles. The number of hydrogen-bond acceptors (Lipinski definition) is 3. The molecule has 1 aliphatic heterocycles. The first-order valence-corrected chi connectivity index (χ1v) is 5.62. The van der Waals surface area contributed by atoms with E-state index in [1.54, 1.807) is 0 Å². The average Bonchev–Trinajstić information content (AvgIpc) is 2.18. The molecule has 0 saturated carbocycles. The zero-order valence-corrected chi connectivity index (χ0v) is 9.29. The molecular formula is C11H21N3. The van der Waals surface area contributed by atoms with E-state index in [0.29, 0.717) is 18.5 Å². The Morgan fingerprint density at radius 3 is 3.00 bits per heavy atom. The van der Waals surface area contributed by atoms with Crippen molar-refractivity contribution in [2.45, 2.75) is 45.2 Å². The summed E-state index contributed by atoms with van der Waals surface area (Å²) in [4.78, 5) is 2.47. The molecule has 3 heteroatoms. The van der Waals surface area contributed by atoms with Crippen LogP contribution in [0.15, 0.2) is 0 Å². The summed E-state index contributed by atoms with van der Waals surface area (Å²) >= 11 is 0. The van der Waals surface area contributed by atoms with E-state index in [4.69, 9.17) is 5.26 Å². The molecule has 0 aromatic heterocycles. The fourth-order valence-electron chi connectivity index (χ4n) is 1.97. The van der Waals surface area contributed by atoms with Crippen LogP contribution in [-0.4, -0.2) is 36.6 Å². The second-order valence-corrected chi connectivity index (χ2v) is 4.17. The Hall–Kier alpha value is -0.590. The SMILES string of the molecule is CCCCN1CC(C)NCC1CC#N. The molecule has 1 rings (SSSR count). The van der Waals surface area contributed by atoms with E-state index in [1.807, 2.05) is 0 Å². The zero-order valence-electron chi connectivity index (χ0n) is 9.29. The van der Waals surface area contributed by atoms with Crippen LogP contribution >= 0.6 is 0 Å². The van der Waals surface area contributed by atoms with Crippen LogP contribution in [0.2, 0.25) is 0 Å². The topological polar surface area (TPSA) is 39.1 Å². The number of unbranched alkanes of at least 4 members (excludes halogenated alkanes) is 1. The van der Waals surface area contributed by atoms with Gasteiger partial charge in [-0.2, -0.15) is 5.26 Å². The molecule has 14 heavy (non-hydrogen) atoms. The Balaban J connectivity index is 2.42. The number of piperazine rings is 1. The smallest absolute Gasteiger partial charge is 0.0638 e. The van der Waals surface area contributed by atoms with Gasteiger partial charge in [-0.1, -0.05) is 13.3 Å². The summed E-state index contributed by atoms with van der Waals surface area (Å²) in [7, 11) is 0. The second kappa shape index (κ2) is 6.00. The Kier molecular flexibility index (Phi) is 4.92. The van der Waals surface area contributed by atoms with E-state index in [2.05, 4.69) is 30.1 Å². The third kappa shape index (κ3) is 3.28. The molecule has 1 heterocycles. The summed E-state index contributed by atoms with van der Waals surface area (Å²) in [6, 6.07) is 3.28. The molecule has 0 aliphatic carbocycles. The van der Waals surface area contributed by atoms with Crippen molar-refractivity contribution in [3.05, 3.63) is 0 Å². The molecule has 0 aromatic rings. The number of nitriles is 1. The summed E-state index contributed by atoms with van der Waals surface area (Å²) in [5.74, 6) is 0. The third-order valence-electron chi connectivity index (χ3n) is 2.85. The van der Waals surface area contributed by atoms with Crippen molar-refractivity contribution in [3.8, 4) is 6.07 Å². The summed E-state index contributed by atoms with van der Waals surface area (Å²) in [5, 5.41) is 12.2. The van der Waals surface area contributed by atoms with Gasteiger partial charge in [-0.25, -0.2) is 0 Å². The van der Waals surface area contributed by atoms with Gasteiger partial charge in [0.2, 0.25) is 0 Å². The average molecular weight is 195 g/mol. The van der Waals surface area contributed by atoms with Crippen LogP contribution in [0.25, 0.3) is 0 Å². The van der Waals surface area contributed by atoms with Crippen molar-refractivity contribution < 1.29 is 0 Å². The molecule has 1 fully saturated rings. The van der Waals surface area contributed by atoms with Gasteiger partial charge in [0, 0.05) is 25.2 Å². The predicted octanol–water partition coefficient (Wildman–Crippen LogP) is 1.36. The third-order valence-corrected chi connectivity index (χ3v) is 2.85. The highest BCUT2D eigenvalue weighted by Gasteiger charge is 2.24.